The fourth-order valence-electron chi connectivity index (χ4n) is 4.69. The Morgan fingerprint density at radius 3 is 2.42 bits per heavy atom. The number of amides is 1. The Kier molecular flexibility index (Phi) is 7.37. The largest absolute Gasteiger partial charge is 0.338 e. The summed E-state index contributed by atoms with van der Waals surface area (Å²) in [5.41, 5.74) is 2.61. The van der Waals surface area contributed by atoms with Crippen LogP contribution >= 0.6 is 0 Å². The molecule has 4 rings (SSSR count). The van der Waals surface area contributed by atoms with Crippen molar-refractivity contribution in [2.24, 2.45) is 5.92 Å². The molecule has 0 radical (unpaired) electrons. The van der Waals surface area contributed by atoms with E-state index in [0.717, 1.165) is 58.4 Å². The van der Waals surface area contributed by atoms with Crippen LogP contribution in [-0.4, -0.2) is 35.3 Å². The fraction of sp³-hybridized carbons (Fsp3) is 0.393. The van der Waals surface area contributed by atoms with E-state index in [2.05, 4.69) is 83.5 Å². The average molecular weight is 415 g/mol. The lowest BCUT2D eigenvalue weighted by molar-refractivity contribution is -0.137. The van der Waals surface area contributed by atoms with Gasteiger partial charge in [-0.3, -0.25) is 9.69 Å². The van der Waals surface area contributed by atoms with Crippen molar-refractivity contribution in [3.63, 3.8) is 0 Å². The zero-order valence-corrected chi connectivity index (χ0v) is 18.7. The molecule has 0 N–H and O–H groups in total. The Labute approximate surface area is 186 Å². The van der Waals surface area contributed by atoms with Crippen molar-refractivity contribution in [3.8, 4) is 0 Å². The number of likely N-dealkylation sites (tertiary alicyclic amines) is 1. The molecule has 1 aliphatic rings. The first kappa shape index (κ1) is 21.6. The molecule has 1 saturated heterocycles. The standard InChI is InChI=1S/C28H34N2O/c1-2-3-18-30(21-23-10-5-4-6-11-23)28(31)25-16-19-29(20-17-25)22-26-14-9-13-24-12-7-8-15-27(24)26/h4-15,25H,2-3,16-22H2,1H3. The molecule has 1 amide bonds. The van der Waals surface area contributed by atoms with E-state index < -0.39 is 0 Å². The summed E-state index contributed by atoms with van der Waals surface area (Å²) >= 11 is 0. The Morgan fingerprint density at radius 1 is 0.935 bits per heavy atom. The normalized spacial score (nSPS) is 15.3. The van der Waals surface area contributed by atoms with Crippen molar-refractivity contribution in [2.45, 2.75) is 45.7 Å². The molecule has 3 heteroatoms. The van der Waals surface area contributed by atoms with E-state index in [0.29, 0.717) is 5.91 Å². The van der Waals surface area contributed by atoms with Crippen LogP contribution in [0.15, 0.2) is 72.8 Å². The van der Waals surface area contributed by atoms with Gasteiger partial charge in [-0.25, -0.2) is 0 Å². The zero-order valence-electron chi connectivity index (χ0n) is 18.7. The Morgan fingerprint density at radius 2 is 1.65 bits per heavy atom. The average Bonchev–Trinajstić information content (AvgIpc) is 2.83. The zero-order chi connectivity index (χ0) is 21.5. The smallest absolute Gasteiger partial charge is 0.226 e. The third-order valence-corrected chi connectivity index (χ3v) is 6.52. The van der Waals surface area contributed by atoms with Gasteiger partial charge in [-0.1, -0.05) is 86.1 Å². The second-order valence-electron chi connectivity index (χ2n) is 8.79. The third kappa shape index (κ3) is 5.54. The summed E-state index contributed by atoms with van der Waals surface area (Å²) in [6.07, 6.45) is 4.10. The number of carbonyl (C=O) groups is 1. The van der Waals surface area contributed by atoms with Gasteiger partial charge in [0.05, 0.1) is 0 Å². The molecule has 0 saturated carbocycles. The highest BCUT2D eigenvalue weighted by atomic mass is 16.2. The van der Waals surface area contributed by atoms with Crippen molar-refractivity contribution >= 4 is 16.7 Å². The maximum absolute atomic E-state index is 13.4. The molecular weight excluding hydrogens is 380 g/mol. The first-order valence-corrected chi connectivity index (χ1v) is 11.8. The number of hydrogen-bond acceptors (Lipinski definition) is 2. The van der Waals surface area contributed by atoms with Gasteiger partial charge in [-0.2, -0.15) is 0 Å². The summed E-state index contributed by atoms with van der Waals surface area (Å²) in [6, 6.07) is 25.6. The number of nitrogens with zero attached hydrogens (tertiary/aromatic N) is 2. The molecule has 0 atom stereocenters. The van der Waals surface area contributed by atoms with Crippen molar-refractivity contribution in [3.05, 3.63) is 83.9 Å². The Hall–Kier alpha value is -2.65. The fourth-order valence-corrected chi connectivity index (χ4v) is 4.69. The van der Waals surface area contributed by atoms with Crippen molar-refractivity contribution in [2.75, 3.05) is 19.6 Å². The second kappa shape index (κ2) is 10.6. The van der Waals surface area contributed by atoms with E-state index >= 15 is 0 Å². The lowest BCUT2D eigenvalue weighted by Gasteiger charge is -2.34. The molecule has 1 aliphatic heterocycles. The van der Waals surface area contributed by atoms with Gasteiger partial charge >= 0.3 is 0 Å². The number of piperidine rings is 1. The maximum atomic E-state index is 13.4. The topological polar surface area (TPSA) is 23.6 Å². The second-order valence-corrected chi connectivity index (χ2v) is 8.79. The Balaban J connectivity index is 1.36. The highest BCUT2D eigenvalue weighted by Gasteiger charge is 2.28. The van der Waals surface area contributed by atoms with Crippen LogP contribution in [0.25, 0.3) is 10.8 Å². The molecular formula is C28H34N2O. The predicted molar refractivity (Wildman–Crippen MR) is 129 cm³/mol. The van der Waals surface area contributed by atoms with Gasteiger partial charge in [-0.15, -0.1) is 0 Å². The van der Waals surface area contributed by atoms with Crippen LogP contribution in [0.2, 0.25) is 0 Å². The number of fused-ring (bicyclic) bond motifs is 1. The molecule has 0 unspecified atom stereocenters. The first-order chi connectivity index (χ1) is 15.2. The SMILES string of the molecule is CCCCN(Cc1ccccc1)C(=O)C1CCN(Cc2cccc3ccccc23)CC1. The third-order valence-electron chi connectivity index (χ3n) is 6.52. The number of carbonyl (C=O) groups excluding carboxylic acids is 1. The number of rotatable bonds is 8. The van der Waals surface area contributed by atoms with Gasteiger partial charge in [0.15, 0.2) is 0 Å². The molecule has 0 bridgehead atoms. The lowest BCUT2D eigenvalue weighted by atomic mass is 9.94. The quantitative estimate of drug-likeness (QED) is 0.459. The monoisotopic (exact) mass is 414 g/mol. The molecule has 162 valence electrons. The van der Waals surface area contributed by atoms with Gasteiger partial charge in [-0.05, 0) is 54.3 Å². The minimum atomic E-state index is 0.157. The predicted octanol–water partition coefficient (Wildman–Crippen LogP) is 5.88. The van der Waals surface area contributed by atoms with Gasteiger partial charge in [0.1, 0.15) is 0 Å². The van der Waals surface area contributed by atoms with Gasteiger partial charge in [0, 0.05) is 25.6 Å². The molecule has 3 nitrogen and oxygen atoms in total. The molecule has 1 heterocycles. The Bertz CT molecular complexity index is 971. The minimum Gasteiger partial charge on any atom is -0.338 e. The van der Waals surface area contributed by atoms with Crippen molar-refractivity contribution < 1.29 is 4.79 Å². The summed E-state index contributed by atoms with van der Waals surface area (Å²) < 4.78 is 0. The van der Waals surface area contributed by atoms with Crippen LogP contribution < -0.4 is 0 Å². The molecule has 31 heavy (non-hydrogen) atoms. The van der Waals surface area contributed by atoms with Gasteiger partial charge in [0.25, 0.3) is 0 Å². The van der Waals surface area contributed by atoms with E-state index in [9.17, 15) is 4.79 Å². The van der Waals surface area contributed by atoms with Crippen molar-refractivity contribution in [1.82, 2.24) is 9.80 Å². The molecule has 0 aromatic heterocycles. The van der Waals surface area contributed by atoms with Crippen LogP contribution in [0.4, 0.5) is 0 Å². The van der Waals surface area contributed by atoms with Crippen LogP contribution in [0, 0.1) is 5.92 Å². The molecule has 0 aliphatic carbocycles. The summed E-state index contributed by atoms with van der Waals surface area (Å²) in [6.45, 7) is 6.73. The summed E-state index contributed by atoms with van der Waals surface area (Å²) in [4.78, 5) is 18.0. The van der Waals surface area contributed by atoms with Crippen molar-refractivity contribution in [1.29, 1.82) is 0 Å². The molecule has 3 aromatic rings. The molecule has 1 fully saturated rings. The highest BCUT2D eigenvalue weighted by Crippen LogP contribution is 2.25. The van der Waals surface area contributed by atoms with E-state index in [4.69, 9.17) is 0 Å². The maximum Gasteiger partial charge on any atom is 0.226 e. The van der Waals surface area contributed by atoms with Gasteiger partial charge in [0.2, 0.25) is 5.91 Å². The van der Waals surface area contributed by atoms with Gasteiger partial charge < -0.3 is 4.90 Å². The van der Waals surface area contributed by atoms with Crippen LogP contribution in [0.1, 0.15) is 43.7 Å². The van der Waals surface area contributed by atoms with E-state index in [-0.39, 0.29) is 5.92 Å². The van der Waals surface area contributed by atoms with E-state index in [1.54, 1.807) is 0 Å². The summed E-state index contributed by atoms with van der Waals surface area (Å²) in [5, 5.41) is 2.65. The number of hydrogen-bond donors (Lipinski definition) is 0. The molecule has 3 aromatic carbocycles. The summed E-state index contributed by atoms with van der Waals surface area (Å²) in [7, 11) is 0. The van der Waals surface area contributed by atoms with E-state index in [1.165, 1.54) is 21.9 Å². The summed E-state index contributed by atoms with van der Waals surface area (Å²) in [5.74, 6) is 0.506. The number of benzene rings is 3. The number of unbranched alkanes of at least 4 members (excludes halogenated alkanes) is 1. The van der Waals surface area contributed by atoms with E-state index in [1.807, 2.05) is 6.07 Å². The first-order valence-electron chi connectivity index (χ1n) is 11.8. The van der Waals surface area contributed by atoms with Crippen LogP contribution in [0.3, 0.4) is 0 Å². The minimum absolute atomic E-state index is 0.157. The molecule has 0 spiro atoms. The van der Waals surface area contributed by atoms with Crippen LogP contribution in [-0.2, 0) is 17.9 Å². The highest BCUT2D eigenvalue weighted by molar-refractivity contribution is 5.85. The lowest BCUT2D eigenvalue weighted by Crippen LogP contribution is -2.42. The van der Waals surface area contributed by atoms with Crippen LogP contribution in [0.5, 0.6) is 0 Å².